The van der Waals surface area contributed by atoms with E-state index in [2.05, 4.69) is 15.6 Å². The summed E-state index contributed by atoms with van der Waals surface area (Å²) in [4.78, 5) is 16.6. The van der Waals surface area contributed by atoms with E-state index < -0.39 is 11.7 Å². The number of hydrogen-bond acceptors (Lipinski definition) is 5. The maximum absolute atomic E-state index is 13.2. The molecule has 0 saturated heterocycles. The first-order valence-electron chi connectivity index (χ1n) is 8.95. The summed E-state index contributed by atoms with van der Waals surface area (Å²) in [5.74, 6) is 0.197. The van der Waals surface area contributed by atoms with E-state index in [-0.39, 0.29) is 10.7 Å². The maximum atomic E-state index is 13.2. The number of aromatic nitrogens is 1. The Labute approximate surface area is 176 Å². The van der Waals surface area contributed by atoms with Crippen LogP contribution in [0.15, 0.2) is 71.1 Å². The summed E-state index contributed by atoms with van der Waals surface area (Å²) >= 11 is 5.16. The van der Waals surface area contributed by atoms with Gasteiger partial charge in [0.05, 0.1) is 7.11 Å². The van der Waals surface area contributed by atoms with Gasteiger partial charge < -0.3 is 14.5 Å². The molecule has 8 heteroatoms. The third-order valence-corrected chi connectivity index (χ3v) is 4.50. The number of anilines is 1. The zero-order chi connectivity index (χ0) is 21.1. The van der Waals surface area contributed by atoms with Crippen LogP contribution in [0, 0.1) is 5.82 Å². The number of nitrogens with zero attached hydrogens (tertiary/aromatic N) is 1. The summed E-state index contributed by atoms with van der Waals surface area (Å²) in [5.41, 5.74) is 3.00. The summed E-state index contributed by atoms with van der Waals surface area (Å²) < 4.78 is 24.2. The monoisotopic (exact) mass is 421 g/mol. The highest BCUT2D eigenvalue weighted by Gasteiger charge is 2.11. The number of methoxy groups -OCH3 is 1. The van der Waals surface area contributed by atoms with Crippen LogP contribution in [-0.4, -0.2) is 23.1 Å². The summed E-state index contributed by atoms with van der Waals surface area (Å²) in [5, 5.41) is 5.54. The molecule has 3 aromatic carbocycles. The largest absolute Gasteiger partial charge is 0.497 e. The lowest BCUT2D eigenvalue weighted by atomic mass is 10.2. The molecule has 0 unspecified atom stereocenters. The number of amides is 1. The minimum Gasteiger partial charge on any atom is -0.497 e. The van der Waals surface area contributed by atoms with Crippen molar-refractivity contribution in [2.45, 2.75) is 0 Å². The first kappa shape index (κ1) is 19.5. The normalized spacial score (nSPS) is 10.6. The van der Waals surface area contributed by atoms with Gasteiger partial charge in [0.25, 0.3) is 5.91 Å². The second-order valence-corrected chi connectivity index (χ2v) is 6.76. The average Bonchev–Trinajstić information content (AvgIpc) is 3.17. The van der Waals surface area contributed by atoms with Gasteiger partial charge in [-0.1, -0.05) is 6.07 Å². The number of ether oxygens (including phenoxy) is 1. The number of benzene rings is 3. The highest BCUT2D eigenvalue weighted by molar-refractivity contribution is 7.80. The van der Waals surface area contributed by atoms with Gasteiger partial charge in [-0.3, -0.25) is 10.1 Å². The Hall–Kier alpha value is -3.78. The number of carbonyl (C=O) groups excluding carboxylic acids is 1. The van der Waals surface area contributed by atoms with Crippen LogP contribution in [0.4, 0.5) is 10.1 Å². The fourth-order valence-corrected chi connectivity index (χ4v) is 3.03. The topological polar surface area (TPSA) is 76.4 Å². The first-order valence-corrected chi connectivity index (χ1v) is 9.35. The molecule has 1 aromatic heterocycles. The third kappa shape index (κ3) is 4.28. The van der Waals surface area contributed by atoms with E-state index in [1.165, 1.54) is 18.2 Å². The standard InChI is InChI=1S/C22H16FN3O3S/c1-28-17-9-10-19-18(12-17)25-21(29-19)13-5-7-16(8-6-13)24-22(30)26-20(27)14-3-2-4-15(23)11-14/h2-12H,1H3,(H2,24,26,27,30). The smallest absolute Gasteiger partial charge is 0.257 e. The number of thiocarbonyl (C=S) groups is 1. The molecular formula is C22H16FN3O3S. The van der Waals surface area contributed by atoms with Crippen molar-refractivity contribution >= 4 is 40.0 Å². The van der Waals surface area contributed by atoms with Crippen LogP contribution in [0.2, 0.25) is 0 Å². The fraction of sp³-hybridized carbons (Fsp3) is 0.0455. The summed E-state index contributed by atoms with van der Waals surface area (Å²) in [7, 11) is 1.60. The van der Waals surface area contributed by atoms with Crippen molar-refractivity contribution in [1.29, 1.82) is 0 Å². The molecule has 0 aliphatic rings. The minimum atomic E-state index is -0.495. The van der Waals surface area contributed by atoms with Gasteiger partial charge in [-0.2, -0.15) is 0 Å². The Kier molecular flexibility index (Phi) is 5.40. The predicted molar refractivity (Wildman–Crippen MR) is 116 cm³/mol. The van der Waals surface area contributed by atoms with Gasteiger partial charge in [-0.05, 0) is 66.8 Å². The molecule has 6 nitrogen and oxygen atoms in total. The molecule has 1 amide bonds. The van der Waals surface area contributed by atoms with E-state index in [0.717, 1.165) is 11.6 Å². The fourth-order valence-electron chi connectivity index (χ4n) is 2.82. The van der Waals surface area contributed by atoms with Gasteiger partial charge in [0, 0.05) is 22.9 Å². The molecule has 0 aliphatic carbocycles. The van der Waals surface area contributed by atoms with E-state index in [4.69, 9.17) is 21.4 Å². The van der Waals surface area contributed by atoms with Crippen molar-refractivity contribution in [1.82, 2.24) is 10.3 Å². The zero-order valence-electron chi connectivity index (χ0n) is 15.8. The molecule has 4 aromatic rings. The average molecular weight is 421 g/mol. The summed E-state index contributed by atoms with van der Waals surface area (Å²) in [6, 6.07) is 18.0. The van der Waals surface area contributed by atoms with Crippen LogP contribution in [0.3, 0.4) is 0 Å². The number of nitrogens with one attached hydrogen (secondary N) is 2. The molecule has 0 fully saturated rings. The Balaban J connectivity index is 1.43. The molecule has 0 atom stereocenters. The first-order chi connectivity index (χ1) is 14.5. The number of fused-ring (bicyclic) bond motifs is 1. The zero-order valence-corrected chi connectivity index (χ0v) is 16.6. The molecular weight excluding hydrogens is 405 g/mol. The van der Waals surface area contributed by atoms with Crippen LogP contribution in [0.25, 0.3) is 22.6 Å². The van der Waals surface area contributed by atoms with Gasteiger partial charge >= 0.3 is 0 Å². The number of halogens is 1. The second kappa shape index (κ2) is 8.30. The van der Waals surface area contributed by atoms with Gasteiger partial charge in [-0.15, -0.1) is 0 Å². The number of rotatable bonds is 4. The van der Waals surface area contributed by atoms with E-state index in [1.54, 1.807) is 31.4 Å². The SMILES string of the molecule is COc1ccc2oc(-c3ccc(NC(=S)NC(=O)c4cccc(F)c4)cc3)nc2c1. The molecule has 0 radical (unpaired) electrons. The summed E-state index contributed by atoms with van der Waals surface area (Å²) in [6.07, 6.45) is 0. The minimum absolute atomic E-state index is 0.103. The van der Waals surface area contributed by atoms with E-state index in [9.17, 15) is 9.18 Å². The van der Waals surface area contributed by atoms with E-state index in [1.807, 2.05) is 18.2 Å². The second-order valence-electron chi connectivity index (χ2n) is 6.35. The molecule has 1 heterocycles. The highest BCUT2D eigenvalue weighted by Crippen LogP contribution is 2.27. The van der Waals surface area contributed by atoms with E-state index >= 15 is 0 Å². The van der Waals surface area contributed by atoms with Crippen molar-refractivity contribution in [3.63, 3.8) is 0 Å². The Morgan fingerprint density at radius 3 is 2.63 bits per heavy atom. The maximum Gasteiger partial charge on any atom is 0.257 e. The van der Waals surface area contributed by atoms with Crippen LogP contribution in [-0.2, 0) is 0 Å². The number of carbonyl (C=O) groups is 1. The van der Waals surface area contributed by atoms with Crippen LogP contribution >= 0.6 is 12.2 Å². The van der Waals surface area contributed by atoms with Crippen molar-refractivity contribution in [2.75, 3.05) is 12.4 Å². The van der Waals surface area contributed by atoms with Gasteiger partial charge in [0.1, 0.15) is 17.1 Å². The van der Waals surface area contributed by atoms with Gasteiger partial charge in [-0.25, -0.2) is 9.37 Å². The van der Waals surface area contributed by atoms with Crippen molar-refractivity contribution in [2.24, 2.45) is 0 Å². The Morgan fingerprint density at radius 2 is 1.90 bits per heavy atom. The molecule has 0 saturated carbocycles. The Bertz CT molecular complexity index is 1240. The molecule has 150 valence electrons. The predicted octanol–water partition coefficient (Wildman–Crippen LogP) is 4.77. The van der Waals surface area contributed by atoms with Gasteiger partial charge in [0.15, 0.2) is 10.7 Å². The van der Waals surface area contributed by atoms with Crippen LogP contribution < -0.4 is 15.4 Å². The van der Waals surface area contributed by atoms with Crippen LogP contribution in [0.5, 0.6) is 5.75 Å². The number of oxazole rings is 1. The molecule has 4 rings (SSSR count). The van der Waals surface area contributed by atoms with Gasteiger partial charge in [0.2, 0.25) is 5.89 Å². The molecule has 0 spiro atoms. The molecule has 30 heavy (non-hydrogen) atoms. The third-order valence-electron chi connectivity index (χ3n) is 4.30. The molecule has 0 bridgehead atoms. The highest BCUT2D eigenvalue weighted by atomic mass is 32.1. The van der Waals surface area contributed by atoms with Crippen molar-refractivity contribution in [3.05, 3.63) is 78.1 Å². The lowest BCUT2D eigenvalue weighted by molar-refractivity contribution is 0.0977. The lowest BCUT2D eigenvalue weighted by Crippen LogP contribution is -2.34. The van der Waals surface area contributed by atoms with Crippen LogP contribution in [0.1, 0.15) is 10.4 Å². The Morgan fingerprint density at radius 1 is 1.10 bits per heavy atom. The van der Waals surface area contributed by atoms with E-state index in [0.29, 0.717) is 28.4 Å². The summed E-state index contributed by atoms with van der Waals surface area (Å²) in [6.45, 7) is 0. The quantitative estimate of drug-likeness (QED) is 0.463. The number of hydrogen-bond donors (Lipinski definition) is 2. The van der Waals surface area contributed by atoms with Crippen molar-refractivity contribution < 1.29 is 18.3 Å². The molecule has 2 N–H and O–H groups in total. The lowest BCUT2D eigenvalue weighted by Gasteiger charge is -2.10. The van der Waals surface area contributed by atoms with Crippen molar-refractivity contribution in [3.8, 4) is 17.2 Å². The molecule has 0 aliphatic heterocycles.